The lowest BCUT2D eigenvalue weighted by Crippen LogP contribution is -2.23. The molecular formula is C11H14N2O2S. The zero-order valence-corrected chi connectivity index (χ0v) is 9.79. The highest BCUT2D eigenvalue weighted by Gasteiger charge is 2.27. The minimum atomic E-state index is -3.54. The van der Waals surface area contributed by atoms with Crippen molar-refractivity contribution in [3.05, 3.63) is 35.4 Å². The summed E-state index contributed by atoms with van der Waals surface area (Å²) in [4.78, 5) is 0. The molecule has 1 aromatic rings. The van der Waals surface area contributed by atoms with Crippen molar-refractivity contribution >= 4 is 21.8 Å². The number of hydrogen-bond acceptors (Lipinski definition) is 3. The van der Waals surface area contributed by atoms with Gasteiger partial charge in [-0.25, -0.2) is 13.6 Å². The molecule has 0 heterocycles. The van der Waals surface area contributed by atoms with Gasteiger partial charge in [0, 0.05) is 18.3 Å². The molecule has 1 aliphatic rings. The highest BCUT2D eigenvalue weighted by Crippen LogP contribution is 2.35. The Labute approximate surface area is 95.2 Å². The largest absolute Gasteiger partial charge is 0.388 e. The van der Waals surface area contributed by atoms with Gasteiger partial charge in [-0.05, 0) is 18.1 Å². The summed E-state index contributed by atoms with van der Waals surface area (Å²) >= 11 is 0. The number of sulfonamides is 1. The molecule has 5 heteroatoms. The molecular weight excluding hydrogens is 224 g/mol. The lowest BCUT2D eigenvalue weighted by molar-refractivity contribution is 0.583. The Morgan fingerprint density at radius 1 is 1.44 bits per heavy atom. The molecule has 0 amide bonds. The average Bonchev–Trinajstić information content (AvgIpc) is 2.26. The molecule has 4 nitrogen and oxygen atoms in total. The van der Waals surface area contributed by atoms with Gasteiger partial charge in [-0.1, -0.05) is 24.3 Å². The fourth-order valence-corrected chi connectivity index (χ4v) is 2.95. The third-order valence-corrected chi connectivity index (χ3v) is 4.03. The molecule has 0 saturated heterocycles. The van der Waals surface area contributed by atoms with E-state index in [2.05, 4.69) is 5.32 Å². The molecule has 86 valence electrons. The van der Waals surface area contributed by atoms with E-state index in [0.717, 1.165) is 16.8 Å². The predicted molar refractivity (Wildman–Crippen MR) is 65.5 cm³/mol. The van der Waals surface area contributed by atoms with Crippen LogP contribution in [0.4, 0.5) is 5.69 Å². The van der Waals surface area contributed by atoms with Crippen LogP contribution in [0.15, 0.2) is 24.3 Å². The average molecular weight is 238 g/mol. The molecule has 0 bridgehead atoms. The molecule has 16 heavy (non-hydrogen) atoms. The number of nitrogens with two attached hydrogens (primary N) is 1. The minimum absolute atomic E-state index is 0.443. The minimum Gasteiger partial charge on any atom is -0.388 e. The van der Waals surface area contributed by atoms with Crippen molar-refractivity contribution in [1.29, 1.82) is 0 Å². The fourth-order valence-electron chi connectivity index (χ4n) is 2.02. The third-order valence-electron chi connectivity index (χ3n) is 2.79. The quantitative estimate of drug-likeness (QED) is 0.819. The van der Waals surface area contributed by atoms with Gasteiger partial charge in [0.2, 0.25) is 10.0 Å². The van der Waals surface area contributed by atoms with Gasteiger partial charge in [-0.15, -0.1) is 0 Å². The Morgan fingerprint density at radius 3 is 2.81 bits per heavy atom. The van der Waals surface area contributed by atoms with Gasteiger partial charge < -0.3 is 5.32 Å². The number of hydrogen-bond donors (Lipinski definition) is 2. The van der Waals surface area contributed by atoms with Crippen LogP contribution in [0.5, 0.6) is 0 Å². The second-order valence-corrected chi connectivity index (χ2v) is 5.52. The Kier molecular flexibility index (Phi) is 2.73. The maximum atomic E-state index is 11.5. The van der Waals surface area contributed by atoms with E-state index in [9.17, 15) is 8.42 Å². The lowest BCUT2D eigenvalue weighted by atomic mass is 9.95. The molecule has 1 aliphatic carbocycles. The number of benzene rings is 1. The van der Waals surface area contributed by atoms with E-state index < -0.39 is 15.3 Å². The number of fused-ring (bicyclic) bond motifs is 1. The van der Waals surface area contributed by atoms with Crippen LogP contribution in [-0.2, 0) is 10.0 Å². The van der Waals surface area contributed by atoms with E-state index in [-0.39, 0.29) is 0 Å². The highest BCUT2D eigenvalue weighted by atomic mass is 32.2. The smallest absolute Gasteiger partial charge is 0.216 e. The van der Waals surface area contributed by atoms with E-state index in [1.54, 1.807) is 0 Å². The van der Waals surface area contributed by atoms with Gasteiger partial charge in [0.15, 0.2) is 0 Å². The van der Waals surface area contributed by atoms with Crippen LogP contribution in [0, 0.1) is 0 Å². The maximum absolute atomic E-state index is 11.5. The standard InChI is InChI=1S/C11H14N2O2S/c1-13-10-6-2-5-9-8(10)4-3-7-11(9)16(12,14)15/h2-6,11,13H,7H2,1H3,(H2,12,14,15). The normalized spacial score (nSPS) is 19.2. The number of primary sulfonamides is 1. The van der Waals surface area contributed by atoms with Crippen LogP contribution in [-0.4, -0.2) is 15.5 Å². The summed E-state index contributed by atoms with van der Waals surface area (Å²) in [6.07, 6.45) is 4.22. The Balaban J connectivity index is 2.61. The number of rotatable bonds is 2. The molecule has 2 rings (SSSR count). The van der Waals surface area contributed by atoms with E-state index in [4.69, 9.17) is 5.14 Å². The van der Waals surface area contributed by atoms with Gasteiger partial charge in [0.05, 0.1) is 0 Å². The molecule has 0 aromatic heterocycles. The summed E-state index contributed by atoms with van der Waals surface area (Å²) in [6.45, 7) is 0. The first kappa shape index (κ1) is 11.2. The second kappa shape index (κ2) is 3.92. The molecule has 1 atom stereocenters. The molecule has 3 N–H and O–H groups in total. The van der Waals surface area contributed by atoms with Crippen LogP contribution >= 0.6 is 0 Å². The van der Waals surface area contributed by atoms with Crippen LogP contribution in [0.1, 0.15) is 22.8 Å². The lowest BCUT2D eigenvalue weighted by Gasteiger charge is -2.21. The SMILES string of the molecule is CNc1cccc2c1C=CCC2S(N)(=O)=O. The number of nitrogens with one attached hydrogen (secondary N) is 1. The van der Waals surface area contributed by atoms with Crippen LogP contribution in [0.2, 0.25) is 0 Å². The Hall–Kier alpha value is -1.33. The topological polar surface area (TPSA) is 72.2 Å². The van der Waals surface area contributed by atoms with Crippen molar-refractivity contribution < 1.29 is 8.42 Å². The monoisotopic (exact) mass is 238 g/mol. The van der Waals surface area contributed by atoms with Gasteiger partial charge in [-0.2, -0.15) is 0 Å². The van der Waals surface area contributed by atoms with E-state index in [0.29, 0.717) is 6.42 Å². The van der Waals surface area contributed by atoms with E-state index >= 15 is 0 Å². The van der Waals surface area contributed by atoms with Gasteiger partial charge >= 0.3 is 0 Å². The van der Waals surface area contributed by atoms with Crippen LogP contribution in [0.3, 0.4) is 0 Å². The molecule has 0 aliphatic heterocycles. The predicted octanol–water partition coefficient (Wildman–Crippen LogP) is 1.47. The zero-order valence-electron chi connectivity index (χ0n) is 8.97. The zero-order chi connectivity index (χ0) is 11.8. The van der Waals surface area contributed by atoms with Crippen molar-refractivity contribution in [3.8, 4) is 0 Å². The van der Waals surface area contributed by atoms with Crippen molar-refractivity contribution in [3.63, 3.8) is 0 Å². The summed E-state index contributed by atoms with van der Waals surface area (Å²) in [7, 11) is -1.73. The molecule has 0 saturated carbocycles. The van der Waals surface area contributed by atoms with E-state index in [1.807, 2.05) is 37.4 Å². The molecule has 0 spiro atoms. The van der Waals surface area contributed by atoms with Gasteiger partial charge in [0.25, 0.3) is 0 Å². The van der Waals surface area contributed by atoms with Crippen molar-refractivity contribution in [2.75, 3.05) is 12.4 Å². The Morgan fingerprint density at radius 2 is 2.19 bits per heavy atom. The first-order chi connectivity index (χ1) is 7.54. The summed E-state index contributed by atoms with van der Waals surface area (Å²) < 4.78 is 22.9. The second-order valence-electron chi connectivity index (χ2n) is 3.77. The number of anilines is 1. The van der Waals surface area contributed by atoms with Crippen LogP contribution < -0.4 is 10.5 Å². The summed E-state index contributed by atoms with van der Waals surface area (Å²) in [6, 6.07) is 5.56. The maximum Gasteiger partial charge on any atom is 0.216 e. The molecule has 0 radical (unpaired) electrons. The third kappa shape index (κ3) is 1.83. The first-order valence-electron chi connectivity index (χ1n) is 5.03. The van der Waals surface area contributed by atoms with E-state index in [1.165, 1.54) is 0 Å². The Bertz CT molecular complexity index is 535. The summed E-state index contributed by atoms with van der Waals surface area (Å²) in [5, 5.41) is 7.65. The van der Waals surface area contributed by atoms with Crippen molar-refractivity contribution in [2.45, 2.75) is 11.7 Å². The van der Waals surface area contributed by atoms with Crippen molar-refractivity contribution in [2.24, 2.45) is 5.14 Å². The molecule has 1 aromatic carbocycles. The van der Waals surface area contributed by atoms with Crippen LogP contribution in [0.25, 0.3) is 6.08 Å². The van der Waals surface area contributed by atoms with Gasteiger partial charge in [0.1, 0.15) is 5.25 Å². The summed E-state index contributed by atoms with van der Waals surface area (Å²) in [5.41, 5.74) is 2.61. The summed E-state index contributed by atoms with van der Waals surface area (Å²) in [5.74, 6) is 0. The molecule has 0 fully saturated rings. The molecule has 1 unspecified atom stereocenters. The van der Waals surface area contributed by atoms with Crippen molar-refractivity contribution in [1.82, 2.24) is 0 Å². The van der Waals surface area contributed by atoms with Gasteiger partial charge in [-0.3, -0.25) is 0 Å². The fraction of sp³-hybridized carbons (Fsp3) is 0.273. The first-order valence-corrected chi connectivity index (χ1v) is 6.64. The number of allylic oxidation sites excluding steroid dienone is 1. The highest BCUT2D eigenvalue weighted by molar-refractivity contribution is 7.89.